The van der Waals surface area contributed by atoms with Gasteiger partial charge in [-0.1, -0.05) is 0 Å². The van der Waals surface area contributed by atoms with Gasteiger partial charge in [-0.15, -0.1) is 0 Å². The van der Waals surface area contributed by atoms with Crippen LogP contribution in [0.3, 0.4) is 0 Å². The average Bonchev–Trinajstić information content (AvgIpc) is 2.53. The smallest absolute Gasteiger partial charge is 0.271 e. The minimum atomic E-state index is -0.483. The highest BCUT2D eigenvalue weighted by Crippen LogP contribution is 2.13. The van der Waals surface area contributed by atoms with E-state index in [1.54, 1.807) is 19.1 Å². The number of benzene rings is 2. The lowest BCUT2D eigenvalue weighted by Gasteiger charge is -2.03. The van der Waals surface area contributed by atoms with E-state index in [-0.39, 0.29) is 11.4 Å². The minimum Gasteiger partial charge on any atom is -0.508 e. The van der Waals surface area contributed by atoms with Gasteiger partial charge < -0.3 is 5.11 Å². The minimum absolute atomic E-state index is 0.00956. The van der Waals surface area contributed by atoms with Gasteiger partial charge in [-0.2, -0.15) is 5.10 Å². The van der Waals surface area contributed by atoms with Crippen LogP contribution in [0.25, 0.3) is 0 Å². The molecule has 0 radical (unpaired) electrons. The molecule has 1 amide bonds. The van der Waals surface area contributed by atoms with Crippen LogP contribution in [0.15, 0.2) is 53.6 Å². The lowest BCUT2D eigenvalue weighted by Crippen LogP contribution is -2.19. The molecule has 112 valence electrons. The summed E-state index contributed by atoms with van der Waals surface area (Å²) in [4.78, 5) is 21.9. The zero-order valence-electron chi connectivity index (χ0n) is 11.7. The highest BCUT2D eigenvalue weighted by molar-refractivity contribution is 6.01. The van der Waals surface area contributed by atoms with Crippen LogP contribution in [-0.4, -0.2) is 21.6 Å². The van der Waals surface area contributed by atoms with Crippen LogP contribution in [0, 0.1) is 10.1 Å². The molecule has 7 heteroatoms. The van der Waals surface area contributed by atoms with E-state index in [1.165, 1.54) is 36.4 Å². The zero-order chi connectivity index (χ0) is 16.1. The largest absolute Gasteiger partial charge is 0.508 e. The standard InChI is InChI=1S/C15H13N3O4/c1-10(11-2-6-13(7-3-11)18(21)22)16-17-15(20)12-4-8-14(19)9-5-12/h2-9,19H,1H3,(H,17,20). The Morgan fingerprint density at radius 3 is 2.18 bits per heavy atom. The number of nitro groups is 1. The molecule has 0 bridgehead atoms. The van der Waals surface area contributed by atoms with Crippen LogP contribution in [0.1, 0.15) is 22.8 Å². The molecule has 0 spiro atoms. The Labute approximate surface area is 126 Å². The Hall–Kier alpha value is -3.22. The monoisotopic (exact) mass is 299 g/mol. The molecule has 0 aliphatic carbocycles. The highest BCUT2D eigenvalue weighted by Gasteiger charge is 2.07. The number of rotatable bonds is 4. The molecule has 0 unspecified atom stereocenters. The summed E-state index contributed by atoms with van der Waals surface area (Å²) in [7, 11) is 0. The number of hydrogen-bond acceptors (Lipinski definition) is 5. The van der Waals surface area contributed by atoms with E-state index in [9.17, 15) is 14.9 Å². The molecule has 0 aromatic heterocycles. The summed E-state index contributed by atoms with van der Waals surface area (Å²) in [6.07, 6.45) is 0. The summed E-state index contributed by atoms with van der Waals surface area (Å²) in [6.45, 7) is 1.68. The first-order valence-electron chi connectivity index (χ1n) is 6.36. The number of nitrogens with zero attached hydrogens (tertiary/aromatic N) is 2. The van der Waals surface area contributed by atoms with Crippen LogP contribution in [0.4, 0.5) is 5.69 Å². The van der Waals surface area contributed by atoms with E-state index in [2.05, 4.69) is 10.5 Å². The maximum absolute atomic E-state index is 11.8. The summed E-state index contributed by atoms with van der Waals surface area (Å²) < 4.78 is 0. The normalized spacial score (nSPS) is 11.0. The van der Waals surface area contributed by atoms with Gasteiger partial charge in [0.1, 0.15) is 5.75 Å². The molecular formula is C15H13N3O4. The molecule has 2 aromatic carbocycles. The molecule has 0 aliphatic rings. The summed E-state index contributed by atoms with van der Waals surface area (Å²) in [5.74, 6) is -0.344. The molecule has 0 fully saturated rings. The number of amides is 1. The number of nitrogens with one attached hydrogen (secondary N) is 1. The van der Waals surface area contributed by atoms with Crippen molar-refractivity contribution in [3.05, 3.63) is 69.8 Å². The Morgan fingerprint density at radius 2 is 1.64 bits per heavy atom. The quantitative estimate of drug-likeness (QED) is 0.514. The molecule has 0 atom stereocenters. The molecule has 0 saturated heterocycles. The van der Waals surface area contributed by atoms with Gasteiger partial charge in [0.15, 0.2) is 0 Å². The number of phenols is 1. The van der Waals surface area contributed by atoms with Crippen molar-refractivity contribution >= 4 is 17.3 Å². The third-order valence-electron chi connectivity index (χ3n) is 2.95. The predicted octanol–water partition coefficient (Wildman–Crippen LogP) is 2.45. The summed E-state index contributed by atoms with van der Waals surface area (Å²) in [6, 6.07) is 11.6. The first-order valence-corrected chi connectivity index (χ1v) is 6.36. The number of carbonyl (C=O) groups excluding carboxylic acids is 1. The molecule has 0 saturated carbocycles. The van der Waals surface area contributed by atoms with E-state index in [1.807, 2.05) is 0 Å². The molecule has 0 aliphatic heterocycles. The van der Waals surface area contributed by atoms with Crippen molar-refractivity contribution in [3.63, 3.8) is 0 Å². The topological polar surface area (TPSA) is 105 Å². The van der Waals surface area contributed by atoms with Gasteiger partial charge in [0, 0.05) is 17.7 Å². The van der Waals surface area contributed by atoms with Gasteiger partial charge in [-0.05, 0) is 48.9 Å². The van der Waals surface area contributed by atoms with Crippen molar-refractivity contribution in [1.82, 2.24) is 5.43 Å². The van der Waals surface area contributed by atoms with Crippen molar-refractivity contribution in [2.75, 3.05) is 0 Å². The van der Waals surface area contributed by atoms with Crippen molar-refractivity contribution in [2.45, 2.75) is 6.92 Å². The number of non-ortho nitro benzene ring substituents is 1. The Bertz CT molecular complexity index is 721. The molecule has 0 heterocycles. The fourth-order valence-electron chi connectivity index (χ4n) is 1.70. The number of carbonyl (C=O) groups is 1. The molecule has 22 heavy (non-hydrogen) atoms. The van der Waals surface area contributed by atoms with Crippen LogP contribution >= 0.6 is 0 Å². The SMILES string of the molecule is CC(=NNC(=O)c1ccc(O)cc1)c1ccc([N+](=O)[O-])cc1. The van der Waals surface area contributed by atoms with E-state index >= 15 is 0 Å². The number of phenolic OH excluding ortho intramolecular Hbond substituents is 1. The van der Waals surface area contributed by atoms with Gasteiger partial charge >= 0.3 is 0 Å². The third-order valence-corrected chi connectivity index (χ3v) is 2.95. The number of nitro benzene ring substituents is 1. The molecule has 2 aromatic rings. The van der Waals surface area contributed by atoms with E-state index in [0.717, 1.165) is 0 Å². The van der Waals surface area contributed by atoms with E-state index in [4.69, 9.17) is 5.11 Å². The highest BCUT2D eigenvalue weighted by atomic mass is 16.6. The first kappa shape index (κ1) is 15.2. The maximum atomic E-state index is 11.8. The molecule has 7 nitrogen and oxygen atoms in total. The molecule has 2 rings (SSSR count). The Balaban J connectivity index is 2.07. The van der Waals surface area contributed by atoms with E-state index in [0.29, 0.717) is 16.8 Å². The number of aromatic hydroxyl groups is 1. The fraction of sp³-hybridized carbons (Fsp3) is 0.0667. The number of hydrazone groups is 1. The number of hydrogen-bond donors (Lipinski definition) is 2. The Kier molecular flexibility index (Phi) is 4.47. The van der Waals surface area contributed by atoms with Gasteiger partial charge in [0.2, 0.25) is 0 Å². The van der Waals surface area contributed by atoms with Crippen molar-refractivity contribution in [1.29, 1.82) is 0 Å². The third kappa shape index (κ3) is 3.66. The van der Waals surface area contributed by atoms with Crippen molar-refractivity contribution < 1.29 is 14.8 Å². The van der Waals surface area contributed by atoms with Gasteiger partial charge in [-0.25, -0.2) is 5.43 Å². The lowest BCUT2D eigenvalue weighted by molar-refractivity contribution is -0.384. The maximum Gasteiger partial charge on any atom is 0.271 e. The van der Waals surface area contributed by atoms with Gasteiger partial charge in [-0.3, -0.25) is 14.9 Å². The summed E-state index contributed by atoms with van der Waals surface area (Å²) in [5.41, 5.74) is 3.92. The van der Waals surface area contributed by atoms with Gasteiger partial charge in [0.05, 0.1) is 10.6 Å². The average molecular weight is 299 g/mol. The predicted molar refractivity (Wildman–Crippen MR) is 80.9 cm³/mol. The van der Waals surface area contributed by atoms with E-state index < -0.39 is 10.8 Å². The molecule has 2 N–H and O–H groups in total. The van der Waals surface area contributed by atoms with Crippen LogP contribution < -0.4 is 5.43 Å². The fourth-order valence-corrected chi connectivity index (χ4v) is 1.70. The van der Waals surface area contributed by atoms with Crippen molar-refractivity contribution in [3.8, 4) is 5.75 Å². The van der Waals surface area contributed by atoms with Crippen LogP contribution in [0.2, 0.25) is 0 Å². The Morgan fingerprint density at radius 1 is 1.09 bits per heavy atom. The summed E-state index contributed by atoms with van der Waals surface area (Å²) in [5, 5.41) is 23.7. The second-order valence-corrected chi connectivity index (χ2v) is 4.49. The second kappa shape index (κ2) is 6.49. The van der Waals surface area contributed by atoms with Crippen molar-refractivity contribution in [2.24, 2.45) is 5.10 Å². The second-order valence-electron chi connectivity index (χ2n) is 4.49. The lowest BCUT2D eigenvalue weighted by atomic mass is 10.1. The first-order chi connectivity index (χ1) is 10.5. The molecular weight excluding hydrogens is 286 g/mol. The van der Waals surface area contributed by atoms with Gasteiger partial charge in [0.25, 0.3) is 11.6 Å². The zero-order valence-corrected chi connectivity index (χ0v) is 11.7. The van der Waals surface area contributed by atoms with Crippen LogP contribution in [0.5, 0.6) is 5.75 Å². The van der Waals surface area contributed by atoms with Crippen LogP contribution in [-0.2, 0) is 0 Å². The summed E-state index contributed by atoms with van der Waals surface area (Å²) >= 11 is 0.